The maximum atomic E-state index is 12.1. The third kappa shape index (κ3) is 4.69. The minimum Gasteiger partial charge on any atom is -0.488 e. The third-order valence-electron chi connectivity index (χ3n) is 4.17. The molecule has 0 unspecified atom stereocenters. The maximum Gasteiger partial charge on any atom is 0.242 e. The lowest BCUT2D eigenvalue weighted by molar-refractivity contribution is -0.138. The van der Waals surface area contributed by atoms with E-state index in [1.807, 2.05) is 30.3 Å². The van der Waals surface area contributed by atoms with Gasteiger partial charge in [0, 0.05) is 14.0 Å². The summed E-state index contributed by atoms with van der Waals surface area (Å²) in [6.07, 6.45) is 1.25. The minimum atomic E-state index is -0.754. The quantitative estimate of drug-likeness (QED) is 0.846. The number of ether oxygens (including phenoxy) is 1. The number of rotatable bonds is 5. The van der Waals surface area contributed by atoms with Gasteiger partial charge in [-0.2, -0.15) is 0 Å². The predicted octanol–water partition coefficient (Wildman–Crippen LogP) is 0.942. The Bertz CT molecular complexity index is 535. The summed E-state index contributed by atoms with van der Waals surface area (Å²) in [5.41, 5.74) is 0. The van der Waals surface area contributed by atoms with Crippen molar-refractivity contribution in [1.82, 2.24) is 10.2 Å². The van der Waals surface area contributed by atoms with E-state index in [0.29, 0.717) is 5.75 Å². The van der Waals surface area contributed by atoms with E-state index in [1.165, 1.54) is 11.8 Å². The highest BCUT2D eigenvalue weighted by Crippen LogP contribution is 2.26. The summed E-state index contributed by atoms with van der Waals surface area (Å²) < 4.78 is 5.87. The fourth-order valence-corrected chi connectivity index (χ4v) is 2.85. The van der Waals surface area contributed by atoms with Crippen molar-refractivity contribution in [2.45, 2.75) is 44.4 Å². The molecule has 1 saturated carbocycles. The van der Waals surface area contributed by atoms with Gasteiger partial charge in [0.15, 0.2) is 0 Å². The van der Waals surface area contributed by atoms with Crippen molar-refractivity contribution in [2.75, 3.05) is 13.6 Å². The molecule has 0 radical (unpaired) electrons. The minimum absolute atomic E-state index is 0.0563. The van der Waals surface area contributed by atoms with Crippen LogP contribution >= 0.6 is 0 Å². The smallest absolute Gasteiger partial charge is 0.242 e. The van der Waals surface area contributed by atoms with Gasteiger partial charge in [-0.1, -0.05) is 18.2 Å². The summed E-state index contributed by atoms with van der Waals surface area (Å²) in [5, 5.41) is 13.1. The number of amides is 2. The Morgan fingerprint density at radius 3 is 2.65 bits per heavy atom. The van der Waals surface area contributed by atoms with Gasteiger partial charge in [0.2, 0.25) is 11.8 Å². The second-order valence-electron chi connectivity index (χ2n) is 5.87. The van der Waals surface area contributed by atoms with E-state index in [1.54, 1.807) is 7.05 Å². The van der Waals surface area contributed by atoms with Crippen LogP contribution in [0, 0.1) is 0 Å². The van der Waals surface area contributed by atoms with Crippen LogP contribution < -0.4 is 10.1 Å². The molecule has 2 amide bonds. The molecule has 0 saturated heterocycles. The molecule has 2 rings (SSSR count). The Morgan fingerprint density at radius 2 is 2.00 bits per heavy atom. The number of para-hydroxylation sites is 1. The molecule has 3 atom stereocenters. The third-order valence-corrected chi connectivity index (χ3v) is 4.17. The summed E-state index contributed by atoms with van der Waals surface area (Å²) in [6, 6.07) is 9.06. The number of nitrogens with one attached hydrogen (secondary N) is 1. The Morgan fingerprint density at radius 1 is 1.30 bits per heavy atom. The average molecular weight is 320 g/mol. The van der Waals surface area contributed by atoms with Crippen LogP contribution in [0.15, 0.2) is 30.3 Å². The fourth-order valence-electron chi connectivity index (χ4n) is 2.85. The number of carbonyl (C=O) groups excluding carboxylic acids is 2. The molecule has 1 aromatic rings. The molecule has 1 aliphatic carbocycles. The second kappa shape index (κ2) is 7.97. The summed E-state index contributed by atoms with van der Waals surface area (Å²) in [5.74, 6) is 0.246. The number of nitrogens with zero attached hydrogens (tertiary/aromatic N) is 1. The van der Waals surface area contributed by atoms with E-state index in [-0.39, 0.29) is 30.5 Å². The highest BCUT2D eigenvalue weighted by atomic mass is 16.5. The highest BCUT2D eigenvalue weighted by Gasteiger charge is 2.37. The predicted molar refractivity (Wildman–Crippen MR) is 86.0 cm³/mol. The van der Waals surface area contributed by atoms with Crippen LogP contribution in [0.1, 0.15) is 26.2 Å². The van der Waals surface area contributed by atoms with Crippen molar-refractivity contribution in [3.05, 3.63) is 30.3 Å². The van der Waals surface area contributed by atoms with Gasteiger partial charge in [0.05, 0.1) is 12.6 Å². The highest BCUT2D eigenvalue weighted by molar-refractivity contribution is 5.83. The van der Waals surface area contributed by atoms with Gasteiger partial charge in [0.25, 0.3) is 0 Å². The standard InChI is InChI=1S/C17H24N2O4/c1-12(20)18-11-16(21)19(2)14-9-6-10-15(17(14)22)23-13-7-4-3-5-8-13/h3-5,7-8,14-15,17,22H,6,9-11H2,1-2H3,(H,18,20)/t14-,15-,17-/m1/s1. The lowest BCUT2D eigenvalue weighted by atomic mass is 9.89. The van der Waals surface area contributed by atoms with Crippen LogP contribution in [0.25, 0.3) is 0 Å². The van der Waals surface area contributed by atoms with Crippen LogP contribution in [0.2, 0.25) is 0 Å². The summed E-state index contributed by atoms with van der Waals surface area (Å²) in [4.78, 5) is 24.5. The topological polar surface area (TPSA) is 78.9 Å². The lowest BCUT2D eigenvalue weighted by Gasteiger charge is -2.39. The van der Waals surface area contributed by atoms with Crippen molar-refractivity contribution >= 4 is 11.8 Å². The van der Waals surface area contributed by atoms with E-state index in [0.717, 1.165) is 19.3 Å². The van der Waals surface area contributed by atoms with E-state index in [4.69, 9.17) is 4.74 Å². The zero-order valence-corrected chi connectivity index (χ0v) is 13.6. The zero-order chi connectivity index (χ0) is 16.8. The second-order valence-corrected chi connectivity index (χ2v) is 5.87. The van der Waals surface area contributed by atoms with Crippen molar-refractivity contribution in [3.8, 4) is 5.75 Å². The number of hydrogen-bond donors (Lipinski definition) is 2. The first-order valence-corrected chi connectivity index (χ1v) is 7.89. The van der Waals surface area contributed by atoms with Crippen LogP contribution in [-0.2, 0) is 9.59 Å². The lowest BCUT2D eigenvalue weighted by Crippen LogP contribution is -2.54. The zero-order valence-electron chi connectivity index (χ0n) is 13.6. The first kappa shape index (κ1) is 17.3. The van der Waals surface area contributed by atoms with E-state index in [9.17, 15) is 14.7 Å². The van der Waals surface area contributed by atoms with Crippen LogP contribution in [0.5, 0.6) is 5.75 Å². The molecule has 6 heteroatoms. The fraction of sp³-hybridized carbons (Fsp3) is 0.529. The molecule has 23 heavy (non-hydrogen) atoms. The first-order valence-electron chi connectivity index (χ1n) is 7.89. The summed E-state index contributed by atoms with van der Waals surface area (Å²) in [7, 11) is 1.66. The molecule has 6 nitrogen and oxygen atoms in total. The van der Waals surface area contributed by atoms with Crippen LogP contribution in [0.4, 0.5) is 0 Å². The number of likely N-dealkylation sites (N-methyl/N-ethyl adjacent to an activating group) is 1. The van der Waals surface area contributed by atoms with Crippen molar-refractivity contribution in [1.29, 1.82) is 0 Å². The number of hydrogen-bond acceptors (Lipinski definition) is 4. The number of benzene rings is 1. The molecule has 0 heterocycles. The Kier molecular flexibility index (Phi) is 5.98. The van der Waals surface area contributed by atoms with Gasteiger partial charge in [-0.3, -0.25) is 9.59 Å². The van der Waals surface area contributed by atoms with Crippen molar-refractivity contribution in [3.63, 3.8) is 0 Å². The molecule has 2 N–H and O–H groups in total. The molecular weight excluding hydrogens is 296 g/mol. The molecular formula is C17H24N2O4. The van der Waals surface area contributed by atoms with Crippen molar-refractivity contribution < 1.29 is 19.4 Å². The van der Waals surface area contributed by atoms with E-state index in [2.05, 4.69) is 5.32 Å². The Labute approximate surface area is 136 Å². The largest absolute Gasteiger partial charge is 0.488 e. The Balaban J connectivity index is 1.96. The van der Waals surface area contributed by atoms with Gasteiger partial charge >= 0.3 is 0 Å². The van der Waals surface area contributed by atoms with E-state index < -0.39 is 6.10 Å². The molecule has 0 aromatic heterocycles. The van der Waals surface area contributed by atoms with Gasteiger partial charge in [-0.25, -0.2) is 0 Å². The Hall–Kier alpha value is -2.08. The molecule has 0 aliphatic heterocycles. The van der Waals surface area contributed by atoms with E-state index >= 15 is 0 Å². The molecule has 0 bridgehead atoms. The SMILES string of the molecule is CC(=O)NCC(=O)N(C)[C@@H]1CCC[C@@H](Oc2ccccc2)[C@@H]1O. The molecule has 1 aliphatic rings. The average Bonchev–Trinajstić information content (AvgIpc) is 2.55. The van der Waals surface area contributed by atoms with Crippen LogP contribution in [0.3, 0.4) is 0 Å². The van der Waals surface area contributed by atoms with Crippen molar-refractivity contribution in [2.24, 2.45) is 0 Å². The number of aliphatic hydroxyl groups is 1. The van der Waals surface area contributed by atoms with Gasteiger partial charge in [0.1, 0.15) is 18.0 Å². The van der Waals surface area contributed by atoms with Gasteiger partial charge < -0.3 is 20.1 Å². The number of carbonyl (C=O) groups is 2. The van der Waals surface area contributed by atoms with Crippen LogP contribution in [-0.4, -0.2) is 53.7 Å². The van der Waals surface area contributed by atoms with Gasteiger partial charge in [-0.15, -0.1) is 0 Å². The summed E-state index contributed by atoms with van der Waals surface area (Å²) in [6.45, 7) is 1.31. The monoisotopic (exact) mass is 320 g/mol. The first-order chi connectivity index (χ1) is 11.0. The molecule has 1 fully saturated rings. The number of aliphatic hydroxyl groups excluding tert-OH is 1. The molecule has 126 valence electrons. The molecule has 0 spiro atoms. The molecule has 1 aromatic carbocycles. The summed E-state index contributed by atoms with van der Waals surface area (Å²) >= 11 is 0. The maximum absolute atomic E-state index is 12.1. The van der Waals surface area contributed by atoms with Gasteiger partial charge in [-0.05, 0) is 31.4 Å². The normalized spacial score (nSPS) is 23.9.